The van der Waals surface area contributed by atoms with E-state index in [2.05, 4.69) is 33.3 Å². The molecule has 2 N–H and O–H groups in total. The van der Waals surface area contributed by atoms with Crippen molar-refractivity contribution in [2.45, 2.75) is 5.54 Å². The van der Waals surface area contributed by atoms with Crippen molar-refractivity contribution in [1.29, 1.82) is 0 Å². The minimum Gasteiger partial charge on any atom is -0.508 e. The highest BCUT2D eigenvalue weighted by Gasteiger charge is 2.48. The van der Waals surface area contributed by atoms with E-state index in [1.807, 2.05) is 24.3 Å². The lowest BCUT2D eigenvalue weighted by Crippen LogP contribution is -2.53. The van der Waals surface area contributed by atoms with Gasteiger partial charge in [-0.3, -0.25) is 0 Å². The number of rotatable bonds is 2. The van der Waals surface area contributed by atoms with Gasteiger partial charge in [0.05, 0.1) is 21.1 Å². The van der Waals surface area contributed by atoms with Gasteiger partial charge in [-0.25, -0.2) is 0 Å². The van der Waals surface area contributed by atoms with Gasteiger partial charge in [0.1, 0.15) is 11.5 Å². The van der Waals surface area contributed by atoms with Crippen LogP contribution in [0.25, 0.3) is 6.08 Å². The number of quaternary nitrogens is 1. The van der Waals surface area contributed by atoms with Gasteiger partial charge in [0.25, 0.3) is 0 Å². The Kier molecular flexibility index (Phi) is 2.85. The van der Waals surface area contributed by atoms with E-state index < -0.39 is 0 Å². The molecule has 3 nitrogen and oxygen atoms in total. The number of aromatic hydroxyl groups is 2. The van der Waals surface area contributed by atoms with Gasteiger partial charge in [-0.15, -0.1) is 0 Å². The van der Waals surface area contributed by atoms with E-state index >= 15 is 0 Å². The number of phenols is 2. The fraction of sp³-hybridized carbons (Fsp3) is 0.222. The fourth-order valence-electron chi connectivity index (χ4n) is 3.26. The molecule has 0 aromatic heterocycles. The van der Waals surface area contributed by atoms with Crippen LogP contribution < -0.4 is 0 Å². The first-order valence-corrected chi connectivity index (χ1v) is 6.98. The molecule has 21 heavy (non-hydrogen) atoms. The van der Waals surface area contributed by atoms with E-state index in [0.717, 1.165) is 16.7 Å². The molecule has 3 rings (SSSR count). The average Bonchev–Trinajstić information content (AvgIpc) is 2.79. The van der Waals surface area contributed by atoms with Crippen molar-refractivity contribution >= 4 is 6.08 Å². The smallest absolute Gasteiger partial charge is 0.170 e. The van der Waals surface area contributed by atoms with E-state index in [9.17, 15) is 10.2 Å². The zero-order valence-corrected chi connectivity index (χ0v) is 12.5. The second-order valence-electron chi connectivity index (χ2n) is 6.43. The predicted octanol–water partition coefficient (Wildman–Crippen LogP) is 3.07. The maximum absolute atomic E-state index is 9.91. The van der Waals surface area contributed by atoms with Crippen molar-refractivity contribution in [1.82, 2.24) is 0 Å². The van der Waals surface area contributed by atoms with Gasteiger partial charge in [0.2, 0.25) is 0 Å². The van der Waals surface area contributed by atoms with Crippen LogP contribution in [0, 0.1) is 0 Å². The molecule has 0 aliphatic heterocycles. The number of hydrogen-bond acceptors (Lipinski definition) is 2. The number of likely N-dealkylation sites (N-methyl/N-ethyl adjacent to an activating group) is 1. The van der Waals surface area contributed by atoms with Gasteiger partial charge >= 0.3 is 0 Å². The first kappa shape index (κ1) is 13.7. The number of phenolic OH excluding ortho intramolecular Hbond substituents is 2. The molecule has 2 aromatic carbocycles. The van der Waals surface area contributed by atoms with Crippen LogP contribution in [0.1, 0.15) is 16.7 Å². The van der Waals surface area contributed by atoms with Gasteiger partial charge in [-0.1, -0.05) is 12.1 Å². The molecule has 1 atom stereocenters. The van der Waals surface area contributed by atoms with Crippen LogP contribution >= 0.6 is 0 Å². The third kappa shape index (κ3) is 1.93. The van der Waals surface area contributed by atoms with E-state index in [4.69, 9.17) is 0 Å². The highest BCUT2D eigenvalue weighted by atomic mass is 16.3. The van der Waals surface area contributed by atoms with E-state index in [1.54, 1.807) is 18.2 Å². The molecule has 108 valence electrons. The largest absolute Gasteiger partial charge is 0.508 e. The quantitative estimate of drug-likeness (QED) is 0.831. The summed E-state index contributed by atoms with van der Waals surface area (Å²) in [5.41, 5.74) is 2.92. The Hall–Kier alpha value is -2.26. The lowest BCUT2D eigenvalue weighted by atomic mass is 9.81. The van der Waals surface area contributed by atoms with Crippen molar-refractivity contribution < 1.29 is 14.7 Å². The summed E-state index contributed by atoms with van der Waals surface area (Å²) in [5, 5.41) is 19.5. The summed E-state index contributed by atoms with van der Waals surface area (Å²) in [5.74, 6) is 0.530. The lowest BCUT2D eigenvalue weighted by molar-refractivity contribution is -0.916. The predicted molar refractivity (Wildman–Crippen MR) is 84.1 cm³/mol. The second kappa shape index (κ2) is 4.37. The van der Waals surface area contributed by atoms with Gasteiger partial charge in [-0.05, 0) is 48.0 Å². The molecule has 0 bridgehead atoms. The Balaban J connectivity index is 2.30. The molecular formula is C18H20NO2+. The summed E-state index contributed by atoms with van der Waals surface area (Å²) in [6.07, 6.45) is 4.29. The molecule has 3 heteroatoms. The van der Waals surface area contributed by atoms with Gasteiger partial charge in [0.15, 0.2) is 5.54 Å². The molecular weight excluding hydrogens is 262 g/mol. The van der Waals surface area contributed by atoms with Crippen LogP contribution in [-0.2, 0) is 5.54 Å². The minimum atomic E-state index is -0.373. The average molecular weight is 282 g/mol. The molecule has 0 heterocycles. The highest BCUT2D eigenvalue weighted by Crippen LogP contribution is 2.47. The van der Waals surface area contributed by atoms with E-state index in [1.165, 1.54) is 0 Å². The maximum Gasteiger partial charge on any atom is 0.170 e. The highest BCUT2D eigenvalue weighted by molar-refractivity contribution is 5.68. The summed E-state index contributed by atoms with van der Waals surface area (Å²) < 4.78 is 0.657. The van der Waals surface area contributed by atoms with Crippen LogP contribution in [0.15, 0.2) is 48.5 Å². The van der Waals surface area contributed by atoms with Crippen LogP contribution in [-0.4, -0.2) is 35.8 Å². The van der Waals surface area contributed by atoms with Crippen molar-refractivity contribution in [3.05, 3.63) is 65.2 Å². The monoisotopic (exact) mass is 282 g/mol. The Labute approximate surface area is 125 Å². The Bertz CT molecular complexity index is 711. The van der Waals surface area contributed by atoms with Crippen LogP contribution in [0.2, 0.25) is 0 Å². The summed E-state index contributed by atoms with van der Waals surface area (Å²) in [4.78, 5) is 0. The molecule has 0 spiro atoms. The fourth-order valence-corrected chi connectivity index (χ4v) is 3.26. The van der Waals surface area contributed by atoms with Crippen molar-refractivity contribution in [3.63, 3.8) is 0 Å². The van der Waals surface area contributed by atoms with Gasteiger partial charge in [-0.2, -0.15) is 0 Å². The van der Waals surface area contributed by atoms with Crippen LogP contribution in [0.3, 0.4) is 0 Å². The Morgan fingerprint density at radius 1 is 0.857 bits per heavy atom. The Morgan fingerprint density at radius 2 is 1.48 bits per heavy atom. The molecule has 1 unspecified atom stereocenters. The van der Waals surface area contributed by atoms with Crippen LogP contribution in [0.4, 0.5) is 0 Å². The number of fused-ring (bicyclic) bond motifs is 1. The summed E-state index contributed by atoms with van der Waals surface area (Å²) >= 11 is 0. The normalized spacial score (nSPS) is 20.5. The summed E-state index contributed by atoms with van der Waals surface area (Å²) in [6, 6.07) is 12.8. The van der Waals surface area contributed by atoms with Gasteiger partial charge < -0.3 is 14.7 Å². The van der Waals surface area contributed by atoms with Crippen molar-refractivity contribution in [2.75, 3.05) is 21.1 Å². The minimum absolute atomic E-state index is 0.258. The maximum atomic E-state index is 9.91. The standard InChI is InChI=1S/C18H19NO2/c1-19(2,3)18(14-5-8-15(20)9-6-14)11-10-13-4-7-16(21)12-17(13)18/h4-12H,1-3H3,(H-,20,21)/p+1. The first-order valence-electron chi connectivity index (χ1n) is 6.98. The third-order valence-electron chi connectivity index (χ3n) is 4.32. The molecule has 0 fully saturated rings. The van der Waals surface area contributed by atoms with E-state index in [0.29, 0.717) is 4.48 Å². The second-order valence-corrected chi connectivity index (χ2v) is 6.43. The molecule has 0 saturated carbocycles. The summed E-state index contributed by atoms with van der Waals surface area (Å²) in [7, 11) is 6.41. The third-order valence-corrected chi connectivity index (χ3v) is 4.32. The number of benzene rings is 2. The Morgan fingerprint density at radius 3 is 2.10 bits per heavy atom. The topological polar surface area (TPSA) is 40.5 Å². The molecule has 0 amide bonds. The lowest BCUT2D eigenvalue weighted by Gasteiger charge is -2.44. The number of nitrogens with zero attached hydrogens (tertiary/aromatic N) is 1. The molecule has 2 aromatic rings. The van der Waals surface area contributed by atoms with E-state index in [-0.39, 0.29) is 17.0 Å². The first-order chi connectivity index (χ1) is 9.84. The molecule has 1 aliphatic carbocycles. The zero-order chi connectivity index (χ0) is 15.3. The molecule has 0 radical (unpaired) electrons. The SMILES string of the molecule is C[N+](C)(C)C1(c2ccc(O)cc2)C=Cc2ccc(O)cc21. The zero-order valence-electron chi connectivity index (χ0n) is 12.5. The van der Waals surface area contributed by atoms with Gasteiger partial charge in [0, 0.05) is 11.1 Å². The van der Waals surface area contributed by atoms with Crippen molar-refractivity contribution in [3.8, 4) is 11.5 Å². The van der Waals surface area contributed by atoms with Crippen LogP contribution in [0.5, 0.6) is 11.5 Å². The number of hydrogen-bond donors (Lipinski definition) is 2. The molecule has 0 saturated heterocycles. The molecule has 1 aliphatic rings. The van der Waals surface area contributed by atoms with Crippen molar-refractivity contribution in [2.24, 2.45) is 0 Å². The summed E-state index contributed by atoms with van der Waals surface area (Å²) in [6.45, 7) is 0.